The van der Waals surface area contributed by atoms with Crippen molar-refractivity contribution in [2.45, 2.75) is 44.2 Å². The molecule has 1 aromatic carbocycles. The van der Waals surface area contributed by atoms with Crippen LogP contribution in [-0.2, 0) is 20.9 Å². The second-order valence-corrected chi connectivity index (χ2v) is 7.17. The molecular weight excluding hydrogens is 376 g/mol. The first-order chi connectivity index (χ1) is 11.5. The fourth-order valence-corrected chi connectivity index (χ4v) is 3.50. The molecule has 1 saturated heterocycles. The van der Waals surface area contributed by atoms with Crippen molar-refractivity contribution in [2.24, 2.45) is 0 Å². The van der Waals surface area contributed by atoms with Crippen LogP contribution >= 0.6 is 15.9 Å². The van der Waals surface area contributed by atoms with E-state index in [0.717, 1.165) is 34.2 Å². The summed E-state index contributed by atoms with van der Waals surface area (Å²) >= 11 is 3.34. The van der Waals surface area contributed by atoms with Gasteiger partial charge in [-0.15, -0.1) is 0 Å². The SMILES string of the molecule is O=C(CN1C(=O)NC2(CCCCC2)C1=O)OCc1ccc(Br)cc1. The standard InChI is InChI=1S/C17H19BrN2O4/c18-13-6-4-12(5-7-13)11-24-14(21)10-20-15(22)17(19-16(20)23)8-2-1-3-9-17/h4-7H,1-3,8-11H2,(H,19,23). The van der Waals surface area contributed by atoms with E-state index in [9.17, 15) is 14.4 Å². The Kier molecular flexibility index (Phi) is 4.89. The molecule has 1 aliphatic carbocycles. The zero-order valence-corrected chi connectivity index (χ0v) is 14.8. The van der Waals surface area contributed by atoms with Gasteiger partial charge < -0.3 is 10.1 Å². The van der Waals surface area contributed by atoms with E-state index in [2.05, 4.69) is 21.2 Å². The number of hydrogen-bond donors (Lipinski definition) is 1. The first-order valence-electron chi connectivity index (χ1n) is 8.04. The topological polar surface area (TPSA) is 75.7 Å². The van der Waals surface area contributed by atoms with E-state index in [0.29, 0.717) is 12.8 Å². The zero-order chi connectivity index (χ0) is 17.2. The molecule has 1 aliphatic heterocycles. The second kappa shape index (κ2) is 6.93. The van der Waals surface area contributed by atoms with Gasteiger partial charge in [0.2, 0.25) is 0 Å². The van der Waals surface area contributed by atoms with Gasteiger partial charge in [0, 0.05) is 4.47 Å². The number of ether oxygens (including phenoxy) is 1. The minimum atomic E-state index is -0.804. The lowest BCUT2D eigenvalue weighted by molar-refractivity contribution is -0.149. The predicted octanol–water partition coefficient (Wildman–Crippen LogP) is 2.75. The largest absolute Gasteiger partial charge is 0.459 e. The molecule has 2 aliphatic rings. The molecule has 0 unspecified atom stereocenters. The molecule has 1 saturated carbocycles. The Morgan fingerprint density at radius 2 is 1.83 bits per heavy atom. The summed E-state index contributed by atoms with van der Waals surface area (Å²) in [5, 5.41) is 2.78. The number of esters is 1. The molecule has 1 spiro atoms. The van der Waals surface area contributed by atoms with Crippen LogP contribution in [0.15, 0.2) is 28.7 Å². The van der Waals surface area contributed by atoms with Crippen molar-refractivity contribution in [1.82, 2.24) is 10.2 Å². The molecule has 1 heterocycles. The Morgan fingerprint density at radius 1 is 1.17 bits per heavy atom. The summed E-state index contributed by atoms with van der Waals surface area (Å²) in [7, 11) is 0. The summed E-state index contributed by atoms with van der Waals surface area (Å²) in [4.78, 5) is 37.6. The van der Waals surface area contributed by atoms with Crippen LogP contribution in [0, 0.1) is 0 Å². The lowest BCUT2D eigenvalue weighted by atomic mass is 9.82. The molecule has 3 amide bonds. The first-order valence-corrected chi connectivity index (χ1v) is 8.84. The molecule has 24 heavy (non-hydrogen) atoms. The van der Waals surface area contributed by atoms with Crippen LogP contribution in [0.25, 0.3) is 0 Å². The smallest absolute Gasteiger partial charge is 0.326 e. The van der Waals surface area contributed by atoms with Gasteiger partial charge in [0.1, 0.15) is 18.7 Å². The molecule has 3 rings (SSSR count). The van der Waals surface area contributed by atoms with E-state index in [1.54, 1.807) is 0 Å². The van der Waals surface area contributed by atoms with Crippen molar-refractivity contribution in [3.05, 3.63) is 34.3 Å². The van der Waals surface area contributed by atoms with Crippen LogP contribution in [-0.4, -0.2) is 34.9 Å². The average molecular weight is 395 g/mol. The summed E-state index contributed by atoms with van der Waals surface area (Å²) in [6, 6.07) is 6.88. The van der Waals surface area contributed by atoms with Crippen molar-refractivity contribution >= 4 is 33.8 Å². The van der Waals surface area contributed by atoms with Crippen molar-refractivity contribution in [3.8, 4) is 0 Å². The van der Waals surface area contributed by atoms with Gasteiger partial charge in [0.15, 0.2) is 0 Å². The molecule has 0 bridgehead atoms. The summed E-state index contributed by atoms with van der Waals surface area (Å²) in [6.07, 6.45) is 4.17. The lowest BCUT2D eigenvalue weighted by Gasteiger charge is -2.30. The van der Waals surface area contributed by atoms with Gasteiger partial charge in [0.05, 0.1) is 0 Å². The summed E-state index contributed by atoms with van der Waals surface area (Å²) in [6.45, 7) is -0.232. The second-order valence-electron chi connectivity index (χ2n) is 6.25. The molecule has 1 aromatic rings. The molecule has 6 nitrogen and oxygen atoms in total. The number of amides is 3. The third kappa shape index (κ3) is 3.45. The maximum absolute atomic E-state index is 12.6. The number of carbonyl (C=O) groups excluding carboxylic acids is 3. The number of rotatable bonds is 4. The highest BCUT2D eigenvalue weighted by molar-refractivity contribution is 9.10. The first kappa shape index (κ1) is 17.0. The molecule has 128 valence electrons. The van der Waals surface area contributed by atoms with Gasteiger partial charge in [-0.1, -0.05) is 47.3 Å². The van der Waals surface area contributed by atoms with Gasteiger partial charge in [-0.25, -0.2) is 4.79 Å². The molecule has 0 atom stereocenters. The van der Waals surface area contributed by atoms with Crippen LogP contribution < -0.4 is 5.32 Å². The van der Waals surface area contributed by atoms with E-state index in [-0.39, 0.29) is 19.1 Å². The molecule has 2 fully saturated rings. The number of nitrogens with zero attached hydrogens (tertiary/aromatic N) is 1. The van der Waals surface area contributed by atoms with Gasteiger partial charge >= 0.3 is 12.0 Å². The monoisotopic (exact) mass is 394 g/mol. The number of halogens is 1. The highest BCUT2D eigenvalue weighted by atomic mass is 79.9. The summed E-state index contributed by atoms with van der Waals surface area (Å²) < 4.78 is 6.11. The Balaban J connectivity index is 1.56. The Bertz CT molecular complexity index is 653. The van der Waals surface area contributed by atoms with E-state index in [4.69, 9.17) is 4.74 Å². The maximum atomic E-state index is 12.6. The van der Waals surface area contributed by atoms with Crippen LogP contribution in [0.4, 0.5) is 4.79 Å². The molecular formula is C17H19BrN2O4. The third-order valence-electron chi connectivity index (χ3n) is 4.55. The number of urea groups is 1. The Hall–Kier alpha value is -1.89. The number of hydrogen-bond acceptors (Lipinski definition) is 4. The molecule has 1 N–H and O–H groups in total. The predicted molar refractivity (Wildman–Crippen MR) is 90.0 cm³/mol. The van der Waals surface area contributed by atoms with E-state index in [1.165, 1.54) is 0 Å². The lowest BCUT2D eigenvalue weighted by Crippen LogP contribution is -2.48. The summed E-state index contributed by atoms with van der Waals surface area (Å²) in [5.41, 5.74) is 0.0360. The Labute approximate surface area is 148 Å². The van der Waals surface area contributed by atoms with Crippen LogP contribution in [0.5, 0.6) is 0 Å². The highest BCUT2D eigenvalue weighted by Gasteiger charge is 2.51. The number of carbonyl (C=O) groups is 3. The minimum Gasteiger partial charge on any atom is -0.459 e. The van der Waals surface area contributed by atoms with Crippen molar-refractivity contribution in [1.29, 1.82) is 0 Å². The maximum Gasteiger partial charge on any atom is 0.326 e. The summed E-state index contributed by atoms with van der Waals surface area (Å²) in [5.74, 6) is -0.887. The molecule has 0 radical (unpaired) electrons. The van der Waals surface area contributed by atoms with Gasteiger partial charge in [-0.05, 0) is 30.5 Å². The van der Waals surface area contributed by atoms with Crippen LogP contribution in [0.1, 0.15) is 37.7 Å². The fourth-order valence-electron chi connectivity index (χ4n) is 3.23. The van der Waals surface area contributed by atoms with E-state index < -0.39 is 17.5 Å². The normalized spacial score (nSPS) is 19.5. The number of nitrogens with one attached hydrogen (secondary N) is 1. The van der Waals surface area contributed by atoms with Crippen LogP contribution in [0.3, 0.4) is 0 Å². The molecule has 7 heteroatoms. The van der Waals surface area contributed by atoms with E-state index in [1.807, 2.05) is 24.3 Å². The van der Waals surface area contributed by atoms with E-state index >= 15 is 0 Å². The van der Waals surface area contributed by atoms with Gasteiger partial charge in [0.25, 0.3) is 5.91 Å². The fraction of sp³-hybridized carbons (Fsp3) is 0.471. The van der Waals surface area contributed by atoms with Gasteiger partial charge in [-0.3, -0.25) is 14.5 Å². The number of benzene rings is 1. The van der Waals surface area contributed by atoms with Gasteiger partial charge in [-0.2, -0.15) is 0 Å². The highest BCUT2D eigenvalue weighted by Crippen LogP contribution is 2.33. The number of imide groups is 1. The Morgan fingerprint density at radius 3 is 2.50 bits per heavy atom. The zero-order valence-electron chi connectivity index (χ0n) is 13.2. The third-order valence-corrected chi connectivity index (χ3v) is 5.08. The van der Waals surface area contributed by atoms with Crippen molar-refractivity contribution in [3.63, 3.8) is 0 Å². The average Bonchev–Trinajstić information content (AvgIpc) is 2.79. The van der Waals surface area contributed by atoms with Crippen molar-refractivity contribution < 1.29 is 19.1 Å². The molecule has 0 aromatic heterocycles. The quantitative estimate of drug-likeness (QED) is 0.629. The van der Waals surface area contributed by atoms with Crippen LogP contribution in [0.2, 0.25) is 0 Å². The van der Waals surface area contributed by atoms with Crippen molar-refractivity contribution in [2.75, 3.05) is 6.54 Å². The minimum absolute atomic E-state index is 0.112.